The van der Waals surface area contributed by atoms with Gasteiger partial charge in [0.1, 0.15) is 5.82 Å². The number of nitrogens with zero attached hydrogens (tertiary/aromatic N) is 4. The summed E-state index contributed by atoms with van der Waals surface area (Å²) in [5.41, 5.74) is 3.59. The maximum atomic E-state index is 4.75. The van der Waals surface area contributed by atoms with E-state index in [0.717, 1.165) is 43.6 Å². The smallest absolute Gasteiger partial charge is 0.227 e. The summed E-state index contributed by atoms with van der Waals surface area (Å²) in [4.78, 5) is 13.9. The van der Waals surface area contributed by atoms with Crippen LogP contribution >= 0.6 is 0 Å². The van der Waals surface area contributed by atoms with Crippen molar-refractivity contribution in [3.05, 3.63) is 36.0 Å². The van der Waals surface area contributed by atoms with E-state index in [-0.39, 0.29) is 0 Å². The number of anilines is 4. The van der Waals surface area contributed by atoms with Crippen LogP contribution in [0, 0.1) is 12.8 Å². The van der Waals surface area contributed by atoms with E-state index < -0.39 is 0 Å². The molecule has 0 spiro atoms. The number of aryl methyl sites for hydroxylation is 1. The Kier molecular flexibility index (Phi) is 5.96. The van der Waals surface area contributed by atoms with Crippen molar-refractivity contribution in [1.82, 2.24) is 9.97 Å². The Morgan fingerprint density at radius 2 is 2.04 bits per heavy atom. The first kappa shape index (κ1) is 18.5. The van der Waals surface area contributed by atoms with Crippen molar-refractivity contribution < 1.29 is 0 Å². The summed E-state index contributed by atoms with van der Waals surface area (Å²) in [5, 5.41) is 3.47. The predicted molar refractivity (Wildman–Crippen MR) is 111 cm³/mol. The average Bonchev–Trinajstić information content (AvgIpc) is 2.65. The molecule has 1 aliphatic heterocycles. The molecule has 1 aromatic carbocycles. The first-order valence-corrected chi connectivity index (χ1v) is 9.81. The first-order chi connectivity index (χ1) is 12.6. The highest BCUT2D eigenvalue weighted by Crippen LogP contribution is 2.26. The van der Waals surface area contributed by atoms with Gasteiger partial charge >= 0.3 is 0 Å². The lowest BCUT2D eigenvalue weighted by molar-refractivity contribution is 0.442. The summed E-state index contributed by atoms with van der Waals surface area (Å²) in [6.07, 6.45) is 4.37. The van der Waals surface area contributed by atoms with Crippen molar-refractivity contribution >= 4 is 23.1 Å². The van der Waals surface area contributed by atoms with E-state index in [4.69, 9.17) is 4.98 Å². The van der Waals surface area contributed by atoms with Gasteiger partial charge in [-0.25, -0.2) is 4.98 Å². The number of aromatic nitrogens is 2. The van der Waals surface area contributed by atoms with Gasteiger partial charge in [0.25, 0.3) is 0 Å². The fourth-order valence-electron chi connectivity index (χ4n) is 3.65. The van der Waals surface area contributed by atoms with Gasteiger partial charge in [-0.15, -0.1) is 0 Å². The molecule has 1 N–H and O–H groups in total. The summed E-state index contributed by atoms with van der Waals surface area (Å²) in [7, 11) is 0. The van der Waals surface area contributed by atoms with Crippen LogP contribution in [0.4, 0.5) is 23.1 Å². The van der Waals surface area contributed by atoms with E-state index in [1.54, 1.807) is 0 Å². The Labute approximate surface area is 157 Å². The van der Waals surface area contributed by atoms with Crippen LogP contribution in [0.2, 0.25) is 0 Å². The largest absolute Gasteiger partial charge is 0.372 e. The first-order valence-electron chi connectivity index (χ1n) is 9.81. The predicted octanol–water partition coefficient (Wildman–Crippen LogP) is 4.61. The van der Waals surface area contributed by atoms with Crippen LogP contribution < -0.4 is 15.1 Å². The molecule has 26 heavy (non-hydrogen) atoms. The molecule has 1 fully saturated rings. The number of nitrogens with one attached hydrogen (secondary N) is 1. The molecular weight excluding hydrogens is 322 g/mol. The zero-order valence-electron chi connectivity index (χ0n) is 16.5. The molecular formula is C21H31N5. The number of hydrogen-bond acceptors (Lipinski definition) is 5. The highest BCUT2D eigenvalue weighted by Gasteiger charge is 2.18. The summed E-state index contributed by atoms with van der Waals surface area (Å²) in [6.45, 7) is 13.0. The third kappa shape index (κ3) is 4.26. The van der Waals surface area contributed by atoms with E-state index >= 15 is 0 Å². The van der Waals surface area contributed by atoms with E-state index in [0.29, 0.717) is 5.92 Å². The lowest BCUT2D eigenvalue weighted by atomic mass is 10.0. The van der Waals surface area contributed by atoms with Gasteiger partial charge in [-0.3, -0.25) is 0 Å². The molecule has 0 bridgehead atoms. The van der Waals surface area contributed by atoms with Crippen LogP contribution in [0.3, 0.4) is 0 Å². The maximum Gasteiger partial charge on any atom is 0.227 e. The van der Waals surface area contributed by atoms with Crippen LogP contribution in [0.1, 0.15) is 39.2 Å². The molecule has 5 heteroatoms. The number of benzene rings is 1. The van der Waals surface area contributed by atoms with Crippen molar-refractivity contribution in [2.75, 3.05) is 41.3 Å². The minimum atomic E-state index is 0.707. The van der Waals surface area contributed by atoms with E-state index in [9.17, 15) is 0 Å². The van der Waals surface area contributed by atoms with Crippen molar-refractivity contribution in [2.24, 2.45) is 5.92 Å². The van der Waals surface area contributed by atoms with Gasteiger partial charge in [0, 0.05) is 43.8 Å². The van der Waals surface area contributed by atoms with E-state index in [1.807, 2.05) is 12.3 Å². The van der Waals surface area contributed by atoms with E-state index in [2.05, 4.69) is 66.0 Å². The molecule has 0 saturated carbocycles. The quantitative estimate of drug-likeness (QED) is 0.821. The molecule has 2 heterocycles. The monoisotopic (exact) mass is 353 g/mol. The Balaban J connectivity index is 1.76. The lowest BCUT2D eigenvalue weighted by Crippen LogP contribution is -2.35. The second-order valence-electron chi connectivity index (χ2n) is 7.23. The molecule has 1 saturated heterocycles. The van der Waals surface area contributed by atoms with E-state index in [1.165, 1.54) is 24.1 Å². The van der Waals surface area contributed by atoms with Crippen molar-refractivity contribution in [3.63, 3.8) is 0 Å². The molecule has 0 amide bonds. The SMILES string of the molecule is CCN(CC)c1ccc(Nc2ccnc(N3CCCC(C)C3)n2)c(C)c1. The van der Waals surface area contributed by atoms with Gasteiger partial charge in [0.15, 0.2) is 0 Å². The van der Waals surface area contributed by atoms with Crippen LogP contribution in [-0.4, -0.2) is 36.1 Å². The highest BCUT2D eigenvalue weighted by molar-refractivity contribution is 5.65. The second kappa shape index (κ2) is 8.39. The molecule has 1 atom stereocenters. The molecule has 0 aliphatic carbocycles. The van der Waals surface area contributed by atoms with Crippen molar-refractivity contribution in [3.8, 4) is 0 Å². The van der Waals surface area contributed by atoms with Crippen molar-refractivity contribution in [2.45, 2.75) is 40.5 Å². The Morgan fingerprint density at radius 1 is 1.23 bits per heavy atom. The maximum absolute atomic E-state index is 4.75. The minimum absolute atomic E-state index is 0.707. The average molecular weight is 354 g/mol. The normalized spacial score (nSPS) is 17.2. The molecule has 1 aliphatic rings. The summed E-state index contributed by atoms with van der Waals surface area (Å²) >= 11 is 0. The Bertz CT molecular complexity index is 726. The number of piperidine rings is 1. The molecule has 2 aromatic rings. The standard InChI is InChI=1S/C21H31N5/c1-5-25(6-2)18-9-10-19(17(4)14-18)23-20-11-12-22-21(24-20)26-13-7-8-16(3)15-26/h9-12,14,16H,5-8,13,15H2,1-4H3,(H,22,23,24). The minimum Gasteiger partial charge on any atom is -0.372 e. The third-order valence-electron chi connectivity index (χ3n) is 5.18. The fourth-order valence-corrected chi connectivity index (χ4v) is 3.65. The number of hydrogen-bond donors (Lipinski definition) is 1. The second-order valence-corrected chi connectivity index (χ2v) is 7.23. The van der Waals surface area contributed by atoms with Gasteiger partial charge in [-0.1, -0.05) is 6.92 Å². The molecule has 1 aromatic heterocycles. The summed E-state index contributed by atoms with van der Waals surface area (Å²) in [5.74, 6) is 2.39. The molecule has 5 nitrogen and oxygen atoms in total. The molecule has 1 unspecified atom stereocenters. The summed E-state index contributed by atoms with van der Waals surface area (Å²) < 4.78 is 0. The zero-order chi connectivity index (χ0) is 18.5. The van der Waals surface area contributed by atoms with Crippen LogP contribution in [0.25, 0.3) is 0 Å². The zero-order valence-corrected chi connectivity index (χ0v) is 16.5. The van der Waals surface area contributed by atoms with Gasteiger partial charge in [-0.2, -0.15) is 4.98 Å². The van der Waals surface area contributed by atoms with Gasteiger partial charge in [0.05, 0.1) is 0 Å². The Morgan fingerprint density at radius 3 is 2.73 bits per heavy atom. The van der Waals surface area contributed by atoms with Gasteiger partial charge < -0.3 is 15.1 Å². The third-order valence-corrected chi connectivity index (χ3v) is 5.18. The van der Waals surface area contributed by atoms with Crippen LogP contribution in [-0.2, 0) is 0 Å². The van der Waals surface area contributed by atoms with Crippen LogP contribution in [0.15, 0.2) is 30.5 Å². The highest BCUT2D eigenvalue weighted by atomic mass is 15.3. The Hall–Kier alpha value is -2.30. The molecule has 0 radical (unpaired) electrons. The van der Waals surface area contributed by atoms with Gasteiger partial charge in [0.2, 0.25) is 5.95 Å². The molecule has 140 valence electrons. The number of rotatable bonds is 6. The van der Waals surface area contributed by atoms with Crippen LogP contribution in [0.5, 0.6) is 0 Å². The fraction of sp³-hybridized carbons (Fsp3) is 0.524. The summed E-state index contributed by atoms with van der Waals surface area (Å²) in [6, 6.07) is 8.50. The lowest BCUT2D eigenvalue weighted by Gasteiger charge is -2.31. The van der Waals surface area contributed by atoms with Gasteiger partial charge in [-0.05, 0) is 69.4 Å². The molecule has 3 rings (SSSR count). The topological polar surface area (TPSA) is 44.3 Å². The van der Waals surface area contributed by atoms with Crippen molar-refractivity contribution in [1.29, 1.82) is 0 Å².